The first-order chi connectivity index (χ1) is 16.9. The molecule has 1 saturated carbocycles. The summed E-state index contributed by atoms with van der Waals surface area (Å²) in [5, 5.41) is 7.04. The molecule has 36 heavy (non-hydrogen) atoms. The lowest BCUT2D eigenvalue weighted by atomic mass is 9.72. The Morgan fingerprint density at radius 2 is 1.92 bits per heavy atom. The molecule has 8 nitrogen and oxygen atoms in total. The van der Waals surface area contributed by atoms with Crippen molar-refractivity contribution in [3.05, 3.63) is 46.3 Å². The Bertz CT molecular complexity index is 1240. The number of amides is 3. The van der Waals surface area contributed by atoms with Gasteiger partial charge in [0.05, 0.1) is 12.1 Å². The van der Waals surface area contributed by atoms with E-state index in [1.807, 2.05) is 0 Å². The molecule has 0 atom stereocenters. The van der Waals surface area contributed by atoms with Crippen molar-refractivity contribution in [2.75, 3.05) is 12.4 Å². The molecule has 2 aromatic rings. The topological polar surface area (TPSA) is 105 Å². The van der Waals surface area contributed by atoms with Crippen LogP contribution in [0.2, 0.25) is 0 Å². The van der Waals surface area contributed by atoms with E-state index >= 15 is 0 Å². The second kappa shape index (κ2) is 9.17. The summed E-state index contributed by atoms with van der Waals surface area (Å²) in [6.07, 6.45) is -2.91. The van der Waals surface area contributed by atoms with Crippen LogP contribution in [0.1, 0.15) is 58.7 Å². The van der Waals surface area contributed by atoms with Gasteiger partial charge in [-0.05, 0) is 37.0 Å². The average molecular weight is 513 g/mol. The van der Waals surface area contributed by atoms with Gasteiger partial charge < -0.3 is 20.5 Å². The monoisotopic (exact) mass is 513 g/mol. The van der Waals surface area contributed by atoms with Crippen LogP contribution in [0.15, 0.2) is 12.3 Å². The number of likely N-dealkylation sites (N-methyl/N-ethyl adjacent to an activating group) is 1. The van der Waals surface area contributed by atoms with Crippen LogP contribution in [0, 0.1) is 12.7 Å². The predicted molar refractivity (Wildman–Crippen MR) is 117 cm³/mol. The van der Waals surface area contributed by atoms with Gasteiger partial charge in [0.1, 0.15) is 16.9 Å². The van der Waals surface area contributed by atoms with E-state index in [4.69, 9.17) is 0 Å². The number of hydrogen-bond donors (Lipinski definition) is 3. The number of halogens is 5. The lowest BCUT2D eigenvalue weighted by Crippen LogP contribution is -2.69. The van der Waals surface area contributed by atoms with Crippen molar-refractivity contribution in [3.63, 3.8) is 0 Å². The molecule has 1 aliphatic carbocycles. The molecule has 1 fully saturated rings. The molecule has 3 heterocycles. The van der Waals surface area contributed by atoms with Crippen molar-refractivity contribution in [3.8, 4) is 0 Å². The molecule has 0 bridgehead atoms. The summed E-state index contributed by atoms with van der Waals surface area (Å²) in [5.41, 5.74) is -1.54. The molecule has 0 spiro atoms. The molecule has 3 N–H and O–H groups in total. The van der Waals surface area contributed by atoms with Crippen molar-refractivity contribution < 1.29 is 36.3 Å². The fourth-order valence-corrected chi connectivity index (χ4v) is 5.06. The van der Waals surface area contributed by atoms with E-state index in [2.05, 4.69) is 20.9 Å². The third-order valence-electron chi connectivity index (χ3n) is 6.63. The molecule has 0 saturated heterocycles. The van der Waals surface area contributed by atoms with E-state index in [1.165, 1.54) is 7.05 Å². The molecular formula is C23H24F5N5O3. The summed E-state index contributed by atoms with van der Waals surface area (Å²) in [4.78, 5) is 41.4. The zero-order valence-corrected chi connectivity index (χ0v) is 19.5. The number of aromatic nitrogens is 2. The fourth-order valence-electron chi connectivity index (χ4n) is 5.06. The van der Waals surface area contributed by atoms with Crippen molar-refractivity contribution >= 4 is 23.4 Å². The van der Waals surface area contributed by atoms with Gasteiger partial charge in [-0.2, -0.15) is 0 Å². The molecular weight excluding hydrogens is 489 g/mol. The number of nitrogens with zero attached hydrogens (tertiary/aromatic N) is 2. The van der Waals surface area contributed by atoms with Crippen LogP contribution < -0.4 is 16.0 Å². The van der Waals surface area contributed by atoms with Crippen molar-refractivity contribution in [2.24, 2.45) is 0 Å². The molecule has 13 heteroatoms. The molecule has 0 aromatic carbocycles. The molecule has 194 valence electrons. The summed E-state index contributed by atoms with van der Waals surface area (Å²) in [7, 11) is 1.29. The standard InChI is InChI=1S/C23H24F5N5O3/c1-11-12(8-15(34)32-22(21(36)29-2)9-23(27,28)10-22)14-4-3-7-33(14)18(11)20(35)31-13-5-6-30-17(16(13)24)19(25)26/h5-6,19H,3-4,7-10H2,1-2H3,(H,29,36)(H,32,34)(H,30,31,35). The number of hydrogen-bond acceptors (Lipinski definition) is 4. The van der Waals surface area contributed by atoms with Crippen molar-refractivity contribution in [2.45, 2.75) is 63.5 Å². The second-order valence-corrected chi connectivity index (χ2v) is 9.06. The zero-order valence-electron chi connectivity index (χ0n) is 19.5. The average Bonchev–Trinajstić information content (AvgIpc) is 3.34. The number of rotatable bonds is 7. The smallest absolute Gasteiger partial charge is 0.283 e. The SMILES string of the molecule is CNC(=O)C1(NC(=O)Cc2c(C)c(C(=O)Nc3ccnc(C(F)F)c3F)n3c2CCC3)CC(F)(F)C1. The van der Waals surface area contributed by atoms with Gasteiger partial charge in [0.2, 0.25) is 11.8 Å². The number of fused-ring (bicyclic) bond motifs is 1. The van der Waals surface area contributed by atoms with Gasteiger partial charge in [-0.3, -0.25) is 19.4 Å². The Labute approximate surface area is 202 Å². The maximum absolute atomic E-state index is 14.4. The Morgan fingerprint density at radius 3 is 2.53 bits per heavy atom. The van der Waals surface area contributed by atoms with E-state index in [-0.39, 0.29) is 12.1 Å². The minimum atomic E-state index is -3.17. The van der Waals surface area contributed by atoms with Gasteiger partial charge in [-0.1, -0.05) is 0 Å². The second-order valence-electron chi connectivity index (χ2n) is 9.06. The lowest BCUT2D eigenvalue weighted by Gasteiger charge is -2.45. The first kappa shape index (κ1) is 25.6. The van der Waals surface area contributed by atoms with E-state index < -0.39 is 65.6 Å². The Morgan fingerprint density at radius 1 is 1.22 bits per heavy atom. The molecule has 4 rings (SSSR count). The summed E-state index contributed by atoms with van der Waals surface area (Å²) in [5.74, 6) is -6.55. The Hall–Kier alpha value is -3.51. The van der Waals surface area contributed by atoms with E-state index in [0.717, 1.165) is 12.3 Å². The highest BCUT2D eigenvalue weighted by Crippen LogP contribution is 2.46. The molecule has 3 amide bonds. The number of alkyl halides is 4. The van der Waals surface area contributed by atoms with Gasteiger partial charge in [-0.15, -0.1) is 0 Å². The zero-order chi connectivity index (χ0) is 26.4. The lowest BCUT2D eigenvalue weighted by molar-refractivity contribution is -0.165. The third kappa shape index (κ3) is 4.42. The van der Waals surface area contributed by atoms with Crippen LogP contribution in [-0.4, -0.2) is 45.8 Å². The normalized spacial score (nSPS) is 17.3. The van der Waals surface area contributed by atoms with Crippen LogP contribution in [0.25, 0.3) is 0 Å². The van der Waals surface area contributed by atoms with Gasteiger partial charge in [0.25, 0.3) is 18.3 Å². The fraction of sp³-hybridized carbons (Fsp3) is 0.478. The van der Waals surface area contributed by atoms with Crippen molar-refractivity contribution in [1.29, 1.82) is 0 Å². The quantitative estimate of drug-likeness (QED) is 0.495. The van der Waals surface area contributed by atoms with Gasteiger partial charge in [-0.25, -0.2) is 22.0 Å². The van der Waals surface area contributed by atoms with Gasteiger partial charge >= 0.3 is 0 Å². The maximum atomic E-state index is 14.4. The number of carbonyl (C=O) groups is 3. The Kier molecular flexibility index (Phi) is 6.52. The van der Waals surface area contributed by atoms with Gasteiger partial charge in [0.15, 0.2) is 5.82 Å². The summed E-state index contributed by atoms with van der Waals surface area (Å²) in [6.45, 7) is 2.03. The number of pyridine rings is 1. The van der Waals surface area contributed by atoms with Gasteiger partial charge in [0, 0.05) is 38.3 Å². The first-order valence-electron chi connectivity index (χ1n) is 11.2. The molecule has 2 aromatic heterocycles. The summed E-state index contributed by atoms with van der Waals surface area (Å²) in [6, 6.07) is 1.06. The maximum Gasteiger partial charge on any atom is 0.283 e. The predicted octanol–water partition coefficient (Wildman–Crippen LogP) is 3.04. The Balaban J connectivity index is 1.58. The van der Waals surface area contributed by atoms with Crippen LogP contribution >= 0.6 is 0 Å². The van der Waals surface area contributed by atoms with Crippen LogP contribution in [0.3, 0.4) is 0 Å². The van der Waals surface area contributed by atoms with E-state index in [1.54, 1.807) is 11.5 Å². The summed E-state index contributed by atoms with van der Waals surface area (Å²) < 4.78 is 69.2. The first-order valence-corrected chi connectivity index (χ1v) is 11.2. The number of anilines is 1. The highest BCUT2D eigenvalue weighted by atomic mass is 19.3. The van der Waals surface area contributed by atoms with E-state index in [0.29, 0.717) is 36.2 Å². The highest BCUT2D eigenvalue weighted by Gasteiger charge is 2.61. The molecule has 0 radical (unpaired) electrons. The van der Waals surface area contributed by atoms with Crippen molar-refractivity contribution in [1.82, 2.24) is 20.2 Å². The highest BCUT2D eigenvalue weighted by molar-refractivity contribution is 6.05. The van der Waals surface area contributed by atoms with E-state index in [9.17, 15) is 36.3 Å². The third-order valence-corrected chi connectivity index (χ3v) is 6.63. The van der Waals surface area contributed by atoms with Crippen LogP contribution in [0.4, 0.5) is 27.6 Å². The van der Waals surface area contributed by atoms with Crippen LogP contribution in [0.5, 0.6) is 0 Å². The minimum Gasteiger partial charge on any atom is -0.357 e. The molecule has 1 aliphatic heterocycles. The molecule has 0 unspecified atom stereocenters. The largest absolute Gasteiger partial charge is 0.357 e. The summed E-state index contributed by atoms with van der Waals surface area (Å²) >= 11 is 0. The molecule has 2 aliphatic rings. The number of carbonyl (C=O) groups excluding carboxylic acids is 3. The minimum absolute atomic E-state index is 0.135. The van der Waals surface area contributed by atoms with Crippen LogP contribution in [-0.2, 0) is 29.0 Å². The number of nitrogens with one attached hydrogen (secondary N) is 3.